The second-order valence-electron chi connectivity index (χ2n) is 10.3. The van der Waals surface area contributed by atoms with Crippen molar-refractivity contribution < 1.29 is 26.4 Å². The van der Waals surface area contributed by atoms with Crippen molar-refractivity contribution in [3.05, 3.63) is 58.9 Å². The van der Waals surface area contributed by atoms with Gasteiger partial charge in [-0.05, 0) is 73.3 Å². The zero-order chi connectivity index (χ0) is 25.7. The molecule has 2 unspecified atom stereocenters. The summed E-state index contributed by atoms with van der Waals surface area (Å²) < 4.78 is 65.4. The lowest BCUT2D eigenvalue weighted by atomic mass is 9.99. The molecule has 2 aliphatic carbocycles. The fourth-order valence-electron chi connectivity index (χ4n) is 5.44. The molecule has 2 aromatic rings. The maximum atomic E-state index is 14.0. The van der Waals surface area contributed by atoms with Crippen LogP contribution in [-0.4, -0.2) is 55.0 Å². The molecule has 3 aliphatic rings. The van der Waals surface area contributed by atoms with Gasteiger partial charge < -0.3 is 10.2 Å². The first-order chi connectivity index (χ1) is 17.0. The highest BCUT2D eigenvalue weighted by Gasteiger charge is 2.47. The number of sulfone groups is 1. The predicted octanol–water partition coefficient (Wildman–Crippen LogP) is 4.42. The Hall–Kier alpha value is -2.62. The molecule has 1 saturated carbocycles. The van der Waals surface area contributed by atoms with Crippen molar-refractivity contribution in [1.29, 1.82) is 0 Å². The molecule has 1 saturated heterocycles. The van der Waals surface area contributed by atoms with Gasteiger partial charge in [-0.2, -0.15) is 13.2 Å². The molecule has 2 fully saturated rings. The molecule has 194 valence electrons. The summed E-state index contributed by atoms with van der Waals surface area (Å²) in [5.41, 5.74) is 4.39. The molecule has 1 amide bonds. The van der Waals surface area contributed by atoms with Crippen LogP contribution in [0.4, 0.5) is 18.9 Å². The Kier molecular flexibility index (Phi) is 6.51. The van der Waals surface area contributed by atoms with E-state index in [2.05, 4.69) is 28.5 Å². The quantitative estimate of drug-likeness (QED) is 0.609. The van der Waals surface area contributed by atoms with E-state index in [-0.39, 0.29) is 36.1 Å². The summed E-state index contributed by atoms with van der Waals surface area (Å²) in [6, 6.07) is 7.51. The Morgan fingerprint density at radius 1 is 1.06 bits per heavy atom. The maximum absolute atomic E-state index is 14.0. The van der Waals surface area contributed by atoms with Gasteiger partial charge in [0.15, 0.2) is 6.04 Å². The lowest BCUT2D eigenvalue weighted by Crippen LogP contribution is -2.44. The summed E-state index contributed by atoms with van der Waals surface area (Å²) in [4.78, 5) is 17.6. The number of pyridine rings is 1. The molecule has 0 radical (unpaired) electrons. The smallest absolute Gasteiger partial charge is 0.380 e. The minimum absolute atomic E-state index is 0.0400. The Bertz CT molecular complexity index is 1230. The van der Waals surface area contributed by atoms with Crippen LogP contribution in [0.1, 0.15) is 60.0 Å². The van der Waals surface area contributed by atoms with Gasteiger partial charge in [0.2, 0.25) is 5.91 Å². The molecule has 36 heavy (non-hydrogen) atoms. The standard InChI is InChI=1S/C26H30F3N3O3S/c1-32(25(33)17-8-10-36(34,35)11-9-17)24(26(27,28)29)23-7-6-21(15-30-23)31-22-13-19-5-4-18(16-2-3-16)12-20(19)14-22/h4-7,12,15-17,22,24,31H,2-3,8-11,13-14H2,1H3. The van der Waals surface area contributed by atoms with Gasteiger partial charge in [0.25, 0.3) is 0 Å². The third kappa shape index (κ3) is 5.38. The number of aromatic nitrogens is 1. The van der Waals surface area contributed by atoms with E-state index in [1.54, 1.807) is 6.07 Å². The Morgan fingerprint density at radius 2 is 1.75 bits per heavy atom. The molecule has 1 N–H and O–H groups in total. The highest BCUT2D eigenvalue weighted by molar-refractivity contribution is 7.91. The van der Waals surface area contributed by atoms with E-state index in [4.69, 9.17) is 0 Å². The number of anilines is 1. The van der Waals surface area contributed by atoms with Crippen LogP contribution in [0.15, 0.2) is 36.5 Å². The summed E-state index contributed by atoms with van der Waals surface area (Å²) in [7, 11) is -2.11. The van der Waals surface area contributed by atoms with E-state index in [0.717, 1.165) is 19.9 Å². The van der Waals surface area contributed by atoms with Crippen LogP contribution in [0.2, 0.25) is 0 Å². The lowest BCUT2D eigenvalue weighted by molar-refractivity contribution is -0.191. The lowest BCUT2D eigenvalue weighted by Gasteiger charge is -2.33. The number of nitrogens with one attached hydrogen (secondary N) is 1. The second-order valence-corrected chi connectivity index (χ2v) is 12.6. The Labute approximate surface area is 209 Å². The van der Waals surface area contributed by atoms with Crippen LogP contribution in [0.3, 0.4) is 0 Å². The third-order valence-electron chi connectivity index (χ3n) is 7.60. The molecule has 5 rings (SSSR count). The van der Waals surface area contributed by atoms with Gasteiger partial charge in [-0.1, -0.05) is 18.2 Å². The number of carbonyl (C=O) groups is 1. The van der Waals surface area contributed by atoms with Gasteiger partial charge in [-0.3, -0.25) is 9.78 Å². The van der Waals surface area contributed by atoms with Gasteiger partial charge in [-0.15, -0.1) is 0 Å². The maximum Gasteiger partial charge on any atom is 0.414 e. The molecule has 0 bridgehead atoms. The van der Waals surface area contributed by atoms with Crippen LogP contribution in [-0.2, 0) is 27.5 Å². The summed E-state index contributed by atoms with van der Waals surface area (Å²) in [6.07, 6.45) is 0.953. The van der Waals surface area contributed by atoms with Gasteiger partial charge in [0.1, 0.15) is 9.84 Å². The molecule has 2 atom stereocenters. The molecule has 1 aromatic heterocycles. The molecule has 6 nitrogen and oxygen atoms in total. The SMILES string of the molecule is CN(C(=O)C1CCS(=O)(=O)CC1)C(c1ccc(NC2Cc3ccc(C4CC4)cc3C2)cn1)C(F)(F)F. The van der Waals surface area contributed by atoms with Crippen LogP contribution in [0.5, 0.6) is 0 Å². The summed E-state index contributed by atoms with van der Waals surface area (Å²) >= 11 is 0. The third-order valence-corrected chi connectivity index (χ3v) is 9.31. The van der Waals surface area contributed by atoms with E-state index in [9.17, 15) is 26.4 Å². The average molecular weight is 522 g/mol. The highest BCUT2D eigenvalue weighted by atomic mass is 32.2. The van der Waals surface area contributed by atoms with Gasteiger partial charge >= 0.3 is 6.18 Å². The number of benzene rings is 1. The van der Waals surface area contributed by atoms with E-state index in [0.29, 0.717) is 16.5 Å². The second kappa shape index (κ2) is 9.36. The average Bonchev–Trinajstić information content (AvgIpc) is 3.59. The van der Waals surface area contributed by atoms with E-state index < -0.39 is 33.9 Å². The molecule has 1 aliphatic heterocycles. The number of hydrogen-bond acceptors (Lipinski definition) is 5. The molecular formula is C26H30F3N3O3S. The van der Waals surface area contributed by atoms with Crippen LogP contribution < -0.4 is 5.32 Å². The van der Waals surface area contributed by atoms with Crippen molar-refractivity contribution in [2.24, 2.45) is 5.92 Å². The van der Waals surface area contributed by atoms with Gasteiger partial charge in [0, 0.05) is 19.0 Å². The first-order valence-corrected chi connectivity index (χ1v) is 14.2. The monoisotopic (exact) mass is 521 g/mol. The summed E-state index contributed by atoms with van der Waals surface area (Å²) in [5.74, 6) is -1.12. The topological polar surface area (TPSA) is 79.4 Å². The Balaban J connectivity index is 1.25. The number of rotatable bonds is 6. The number of carbonyl (C=O) groups excluding carboxylic acids is 1. The van der Waals surface area contributed by atoms with Crippen molar-refractivity contribution in [1.82, 2.24) is 9.88 Å². The van der Waals surface area contributed by atoms with E-state index >= 15 is 0 Å². The number of amides is 1. The molecule has 2 heterocycles. The Morgan fingerprint density at radius 3 is 2.36 bits per heavy atom. The number of fused-ring (bicyclic) bond motifs is 1. The summed E-state index contributed by atoms with van der Waals surface area (Å²) in [6.45, 7) is 0. The minimum atomic E-state index is -4.72. The largest absolute Gasteiger partial charge is 0.414 e. The van der Waals surface area contributed by atoms with Crippen molar-refractivity contribution in [2.45, 2.75) is 62.7 Å². The first kappa shape index (κ1) is 25.0. The van der Waals surface area contributed by atoms with Gasteiger partial charge in [0.05, 0.1) is 29.1 Å². The number of hydrogen-bond donors (Lipinski definition) is 1. The van der Waals surface area contributed by atoms with Gasteiger partial charge in [-0.25, -0.2) is 8.42 Å². The zero-order valence-corrected chi connectivity index (χ0v) is 20.9. The number of alkyl halides is 3. The van der Waals surface area contributed by atoms with Crippen LogP contribution in [0.25, 0.3) is 0 Å². The number of halogens is 3. The number of nitrogens with zero attached hydrogens (tertiary/aromatic N) is 2. The molecular weight excluding hydrogens is 491 g/mol. The van der Waals surface area contributed by atoms with Crippen LogP contribution in [0, 0.1) is 5.92 Å². The fraction of sp³-hybridized carbons (Fsp3) is 0.538. The normalized spacial score (nSPS) is 22.6. The first-order valence-electron chi connectivity index (χ1n) is 12.4. The molecule has 10 heteroatoms. The van der Waals surface area contributed by atoms with E-state index in [1.165, 1.54) is 41.8 Å². The van der Waals surface area contributed by atoms with E-state index in [1.807, 2.05) is 0 Å². The molecule has 1 aromatic carbocycles. The van der Waals surface area contributed by atoms with Crippen molar-refractivity contribution in [3.63, 3.8) is 0 Å². The zero-order valence-electron chi connectivity index (χ0n) is 20.1. The minimum Gasteiger partial charge on any atom is -0.380 e. The van der Waals surface area contributed by atoms with Crippen LogP contribution >= 0.6 is 0 Å². The van der Waals surface area contributed by atoms with Crippen molar-refractivity contribution in [3.8, 4) is 0 Å². The van der Waals surface area contributed by atoms with Crippen molar-refractivity contribution >= 4 is 21.4 Å². The molecule has 0 spiro atoms. The predicted molar refractivity (Wildman–Crippen MR) is 130 cm³/mol. The van der Waals surface area contributed by atoms with Crippen molar-refractivity contribution in [2.75, 3.05) is 23.9 Å². The highest BCUT2D eigenvalue weighted by Crippen LogP contribution is 2.42. The fourth-order valence-corrected chi connectivity index (χ4v) is 6.93. The summed E-state index contributed by atoms with van der Waals surface area (Å²) in [5, 5.41) is 3.39.